The third kappa shape index (κ3) is 4.10. The fraction of sp³-hybridized carbons (Fsp3) is 0.316. The number of ether oxygens (including phenoxy) is 1. The van der Waals surface area contributed by atoms with Gasteiger partial charge in [-0.3, -0.25) is 9.59 Å². The molecule has 2 N–H and O–H groups in total. The number of H-pyrrole nitrogens is 1. The van der Waals surface area contributed by atoms with E-state index in [9.17, 15) is 27.2 Å². The second-order valence-electron chi connectivity index (χ2n) is 6.88. The number of aromatic nitrogens is 3. The lowest BCUT2D eigenvalue weighted by Crippen LogP contribution is -2.48. The van der Waals surface area contributed by atoms with Gasteiger partial charge in [0.05, 0.1) is 42.6 Å². The Bertz CT molecular complexity index is 1230. The molecule has 1 fully saturated rings. The fourth-order valence-corrected chi connectivity index (χ4v) is 3.37. The van der Waals surface area contributed by atoms with E-state index in [1.807, 2.05) is 0 Å². The molecule has 12 heteroatoms. The van der Waals surface area contributed by atoms with Gasteiger partial charge < -0.3 is 15.1 Å². The number of anilines is 1. The summed E-state index contributed by atoms with van der Waals surface area (Å²) in [4.78, 5) is 24.6. The van der Waals surface area contributed by atoms with Gasteiger partial charge in [-0.2, -0.15) is 18.3 Å². The maximum atomic E-state index is 14.3. The number of nitrogens with one attached hydrogen (secondary N) is 2. The Balaban J connectivity index is 1.71. The minimum atomic E-state index is -4.82. The number of benzene rings is 1. The summed E-state index contributed by atoms with van der Waals surface area (Å²) in [5, 5.41) is 10.9. The molecule has 1 aliphatic heterocycles. The largest absolute Gasteiger partial charge is 0.419 e. The summed E-state index contributed by atoms with van der Waals surface area (Å²) < 4.78 is 59.7. The lowest BCUT2D eigenvalue weighted by molar-refractivity contribution is -0.140. The van der Waals surface area contributed by atoms with Crippen molar-refractivity contribution in [3.8, 4) is 0 Å². The summed E-state index contributed by atoms with van der Waals surface area (Å²) >= 11 is 0. The number of morpholine rings is 1. The standard InChI is InChI=1S/C19H17F4N5O3/c20-16-11(2-1-3-14(16)19(21,22)23)9-24-17-13-10-28(27-4-6-31-7-5-27)15(29)8-12(13)18(30)26-25-17/h1-3,8,10H,4-7,9H2,(H,24,25)(H,26,30). The van der Waals surface area contributed by atoms with Gasteiger partial charge in [0, 0.05) is 24.4 Å². The average molecular weight is 439 g/mol. The summed E-state index contributed by atoms with van der Waals surface area (Å²) in [7, 11) is 0. The molecular weight excluding hydrogens is 422 g/mol. The molecule has 1 saturated heterocycles. The molecule has 4 rings (SSSR count). The molecule has 31 heavy (non-hydrogen) atoms. The molecule has 1 aromatic carbocycles. The van der Waals surface area contributed by atoms with E-state index < -0.39 is 28.7 Å². The number of hydrogen-bond acceptors (Lipinski definition) is 6. The predicted octanol–water partition coefficient (Wildman–Crippen LogP) is 1.82. The Morgan fingerprint density at radius 1 is 1.16 bits per heavy atom. The Kier molecular flexibility index (Phi) is 5.39. The zero-order chi connectivity index (χ0) is 22.2. The van der Waals surface area contributed by atoms with E-state index in [1.54, 1.807) is 5.01 Å². The quantitative estimate of drug-likeness (QED) is 0.603. The van der Waals surface area contributed by atoms with Crippen molar-refractivity contribution >= 4 is 16.6 Å². The highest BCUT2D eigenvalue weighted by atomic mass is 19.4. The van der Waals surface area contributed by atoms with Crippen LogP contribution in [0.15, 0.2) is 40.1 Å². The van der Waals surface area contributed by atoms with Crippen molar-refractivity contribution in [1.82, 2.24) is 14.9 Å². The number of alkyl halides is 3. The van der Waals surface area contributed by atoms with Crippen LogP contribution in [0.4, 0.5) is 23.4 Å². The Labute approximate surface area is 172 Å². The third-order valence-corrected chi connectivity index (χ3v) is 4.93. The van der Waals surface area contributed by atoms with Gasteiger partial charge in [0.1, 0.15) is 5.82 Å². The van der Waals surface area contributed by atoms with Crippen molar-refractivity contribution in [2.45, 2.75) is 12.7 Å². The van der Waals surface area contributed by atoms with Crippen LogP contribution >= 0.6 is 0 Å². The molecule has 0 saturated carbocycles. The zero-order valence-corrected chi connectivity index (χ0v) is 16.0. The van der Waals surface area contributed by atoms with Gasteiger partial charge in [-0.15, -0.1) is 0 Å². The first-order valence-corrected chi connectivity index (χ1v) is 9.32. The highest BCUT2D eigenvalue weighted by molar-refractivity contribution is 5.90. The molecule has 1 aliphatic rings. The second-order valence-corrected chi connectivity index (χ2v) is 6.88. The van der Waals surface area contributed by atoms with Crippen molar-refractivity contribution in [1.29, 1.82) is 0 Å². The van der Waals surface area contributed by atoms with Gasteiger partial charge in [-0.05, 0) is 6.07 Å². The minimum Gasteiger partial charge on any atom is -0.378 e. The van der Waals surface area contributed by atoms with Crippen LogP contribution < -0.4 is 21.4 Å². The highest BCUT2D eigenvalue weighted by Gasteiger charge is 2.34. The van der Waals surface area contributed by atoms with Crippen LogP contribution in [0.1, 0.15) is 11.1 Å². The lowest BCUT2D eigenvalue weighted by Gasteiger charge is -2.30. The van der Waals surface area contributed by atoms with Crippen LogP contribution in [0, 0.1) is 5.82 Å². The first-order chi connectivity index (χ1) is 14.8. The number of hydrogen-bond donors (Lipinski definition) is 2. The molecule has 0 bridgehead atoms. The molecule has 0 radical (unpaired) electrons. The van der Waals surface area contributed by atoms with Gasteiger partial charge in [-0.25, -0.2) is 14.2 Å². The molecule has 2 aromatic heterocycles. The van der Waals surface area contributed by atoms with Gasteiger partial charge in [-0.1, -0.05) is 12.1 Å². The number of rotatable bonds is 4. The van der Waals surface area contributed by atoms with Crippen LogP contribution in [0.2, 0.25) is 0 Å². The summed E-state index contributed by atoms with van der Waals surface area (Å²) in [6, 6.07) is 4.14. The van der Waals surface area contributed by atoms with Gasteiger partial charge >= 0.3 is 6.18 Å². The van der Waals surface area contributed by atoms with Crippen molar-refractivity contribution in [2.75, 3.05) is 36.6 Å². The molecule has 8 nitrogen and oxygen atoms in total. The van der Waals surface area contributed by atoms with Crippen LogP contribution in [-0.4, -0.2) is 41.2 Å². The summed E-state index contributed by atoms with van der Waals surface area (Å²) in [6.07, 6.45) is -3.40. The van der Waals surface area contributed by atoms with E-state index in [1.165, 1.54) is 16.9 Å². The second kappa shape index (κ2) is 8.02. The number of aromatic amines is 1. The lowest BCUT2D eigenvalue weighted by atomic mass is 10.1. The summed E-state index contributed by atoms with van der Waals surface area (Å²) in [6.45, 7) is 1.46. The van der Waals surface area contributed by atoms with Crippen LogP contribution in [0.3, 0.4) is 0 Å². The molecule has 3 aromatic rings. The van der Waals surface area contributed by atoms with Crippen molar-refractivity contribution in [3.05, 3.63) is 68.1 Å². The maximum Gasteiger partial charge on any atom is 0.419 e. The van der Waals surface area contributed by atoms with Gasteiger partial charge in [0.15, 0.2) is 5.82 Å². The van der Waals surface area contributed by atoms with E-state index in [-0.39, 0.29) is 28.7 Å². The van der Waals surface area contributed by atoms with E-state index in [4.69, 9.17) is 4.74 Å². The number of halogens is 4. The summed E-state index contributed by atoms with van der Waals surface area (Å²) in [5.74, 6) is -1.30. The van der Waals surface area contributed by atoms with E-state index in [0.717, 1.165) is 12.1 Å². The van der Waals surface area contributed by atoms with Crippen molar-refractivity contribution in [2.24, 2.45) is 0 Å². The smallest absolute Gasteiger partial charge is 0.378 e. The minimum absolute atomic E-state index is 0.0523. The first-order valence-electron chi connectivity index (χ1n) is 9.32. The normalized spacial score (nSPS) is 14.8. The number of fused-ring (bicyclic) bond motifs is 1. The molecule has 0 unspecified atom stereocenters. The van der Waals surface area contributed by atoms with Crippen LogP contribution in [0.5, 0.6) is 0 Å². The number of nitrogens with zero attached hydrogens (tertiary/aromatic N) is 3. The monoisotopic (exact) mass is 439 g/mol. The third-order valence-electron chi connectivity index (χ3n) is 4.93. The average Bonchev–Trinajstić information content (AvgIpc) is 2.74. The van der Waals surface area contributed by atoms with Gasteiger partial charge in [0.2, 0.25) is 0 Å². The van der Waals surface area contributed by atoms with E-state index >= 15 is 0 Å². The molecular formula is C19H17F4N5O3. The molecule has 0 spiro atoms. The van der Waals surface area contributed by atoms with E-state index in [2.05, 4.69) is 15.5 Å². The first kappa shape index (κ1) is 20.8. The zero-order valence-electron chi connectivity index (χ0n) is 16.0. The highest BCUT2D eigenvalue weighted by Crippen LogP contribution is 2.32. The topological polar surface area (TPSA) is 92.2 Å². The predicted molar refractivity (Wildman–Crippen MR) is 104 cm³/mol. The summed E-state index contributed by atoms with van der Waals surface area (Å²) in [5.41, 5.74) is -2.62. The van der Waals surface area contributed by atoms with Crippen molar-refractivity contribution in [3.63, 3.8) is 0 Å². The Hall–Kier alpha value is -3.41. The van der Waals surface area contributed by atoms with Crippen LogP contribution in [0.25, 0.3) is 10.8 Å². The Morgan fingerprint density at radius 3 is 2.61 bits per heavy atom. The van der Waals surface area contributed by atoms with Crippen LogP contribution in [-0.2, 0) is 17.5 Å². The van der Waals surface area contributed by atoms with Crippen molar-refractivity contribution < 1.29 is 22.3 Å². The van der Waals surface area contributed by atoms with Gasteiger partial charge in [0.25, 0.3) is 11.1 Å². The molecule has 0 aliphatic carbocycles. The SMILES string of the molecule is O=c1[nH]nc(NCc2cccc(C(F)(F)F)c2F)c2cn(N3CCOCC3)c(=O)cc12. The molecule has 0 amide bonds. The fourth-order valence-electron chi connectivity index (χ4n) is 3.37. The molecule has 0 atom stereocenters. The maximum absolute atomic E-state index is 14.3. The molecule has 3 heterocycles. The Morgan fingerprint density at radius 2 is 1.90 bits per heavy atom. The molecule has 164 valence electrons. The number of pyridine rings is 1. The van der Waals surface area contributed by atoms with E-state index in [0.29, 0.717) is 32.4 Å².